The highest BCUT2D eigenvalue weighted by atomic mass is 16.6. The quantitative estimate of drug-likeness (QED) is 0.613. The number of fused-ring (bicyclic) bond motifs is 1. The molecule has 1 saturated heterocycles. The zero-order valence-corrected chi connectivity index (χ0v) is 15.2. The maximum absolute atomic E-state index is 13.0. The van der Waals surface area contributed by atoms with Crippen LogP contribution in [0, 0.1) is 10.1 Å². The zero-order valence-electron chi connectivity index (χ0n) is 15.2. The Bertz CT molecular complexity index is 975. The minimum atomic E-state index is -1.23. The minimum Gasteiger partial charge on any atom is -0.496 e. The predicted molar refractivity (Wildman–Crippen MR) is 100 cm³/mol. The summed E-state index contributed by atoms with van der Waals surface area (Å²) in [7, 11) is 1.47. The number of amides is 2. The van der Waals surface area contributed by atoms with Crippen LogP contribution < -0.4 is 15.4 Å². The van der Waals surface area contributed by atoms with E-state index in [-0.39, 0.29) is 30.3 Å². The van der Waals surface area contributed by atoms with Gasteiger partial charge in [-0.3, -0.25) is 19.7 Å². The fraction of sp³-hybridized carbons (Fsp3) is 0.300. The van der Waals surface area contributed by atoms with Crippen molar-refractivity contribution in [1.82, 2.24) is 10.6 Å². The molecule has 0 saturated carbocycles. The van der Waals surface area contributed by atoms with Crippen molar-refractivity contribution in [2.75, 3.05) is 7.11 Å². The van der Waals surface area contributed by atoms with E-state index in [0.717, 1.165) is 5.56 Å². The SMILES string of the molecule is COc1ccc([N+](=O)[O-])c2c1C[C@@]1(C2)NC(=O)[C@H](Cc2ccccc2)NC1=O. The van der Waals surface area contributed by atoms with E-state index >= 15 is 0 Å². The molecular weight excluding hydrogens is 362 g/mol. The van der Waals surface area contributed by atoms with E-state index in [1.165, 1.54) is 19.2 Å². The highest BCUT2D eigenvalue weighted by Crippen LogP contribution is 2.42. The summed E-state index contributed by atoms with van der Waals surface area (Å²) in [5.74, 6) is -0.149. The third-order valence-corrected chi connectivity index (χ3v) is 5.44. The lowest BCUT2D eigenvalue weighted by Crippen LogP contribution is -2.70. The van der Waals surface area contributed by atoms with Crippen molar-refractivity contribution in [3.63, 3.8) is 0 Å². The molecule has 1 fully saturated rings. The van der Waals surface area contributed by atoms with Crippen LogP contribution in [-0.4, -0.2) is 35.4 Å². The summed E-state index contributed by atoms with van der Waals surface area (Å²) in [4.78, 5) is 36.7. The van der Waals surface area contributed by atoms with Crippen molar-refractivity contribution in [3.8, 4) is 5.75 Å². The molecule has 144 valence electrons. The molecule has 0 bridgehead atoms. The number of benzene rings is 2. The van der Waals surface area contributed by atoms with Gasteiger partial charge in [-0.25, -0.2) is 0 Å². The molecule has 1 spiro atoms. The molecule has 1 aliphatic carbocycles. The van der Waals surface area contributed by atoms with Gasteiger partial charge in [0.25, 0.3) is 5.69 Å². The van der Waals surface area contributed by atoms with Crippen LogP contribution in [0.15, 0.2) is 42.5 Å². The van der Waals surface area contributed by atoms with Crippen LogP contribution in [0.1, 0.15) is 16.7 Å². The van der Waals surface area contributed by atoms with E-state index in [9.17, 15) is 19.7 Å². The second-order valence-corrected chi connectivity index (χ2v) is 7.14. The van der Waals surface area contributed by atoms with Gasteiger partial charge in [0, 0.05) is 36.5 Å². The van der Waals surface area contributed by atoms with Crippen LogP contribution in [0.4, 0.5) is 5.69 Å². The average Bonchev–Trinajstić information content (AvgIpc) is 3.06. The van der Waals surface area contributed by atoms with Crippen LogP contribution in [0.2, 0.25) is 0 Å². The Morgan fingerprint density at radius 3 is 2.54 bits per heavy atom. The molecule has 2 atom stereocenters. The number of nitro groups is 1. The lowest BCUT2D eigenvalue weighted by Gasteiger charge is -2.37. The summed E-state index contributed by atoms with van der Waals surface area (Å²) in [6, 6.07) is 11.6. The number of carbonyl (C=O) groups excluding carboxylic acids is 2. The van der Waals surface area contributed by atoms with E-state index in [1.54, 1.807) is 0 Å². The summed E-state index contributed by atoms with van der Waals surface area (Å²) >= 11 is 0. The first-order valence-corrected chi connectivity index (χ1v) is 8.93. The molecule has 2 amide bonds. The van der Waals surface area contributed by atoms with Crippen LogP contribution in [0.3, 0.4) is 0 Å². The number of hydrogen-bond acceptors (Lipinski definition) is 5. The molecule has 8 nitrogen and oxygen atoms in total. The maximum atomic E-state index is 13.0. The highest BCUT2D eigenvalue weighted by Gasteiger charge is 2.52. The molecule has 0 unspecified atom stereocenters. The second kappa shape index (κ2) is 6.63. The normalized spacial score (nSPS) is 23.1. The van der Waals surface area contributed by atoms with E-state index in [4.69, 9.17) is 4.74 Å². The summed E-state index contributed by atoms with van der Waals surface area (Å²) in [6.07, 6.45) is 0.596. The van der Waals surface area contributed by atoms with Crippen molar-refractivity contribution >= 4 is 17.5 Å². The summed E-state index contributed by atoms with van der Waals surface area (Å²) in [5, 5.41) is 17.1. The third-order valence-electron chi connectivity index (χ3n) is 5.44. The zero-order chi connectivity index (χ0) is 19.9. The van der Waals surface area contributed by atoms with Crippen LogP contribution >= 0.6 is 0 Å². The first kappa shape index (κ1) is 18.0. The average molecular weight is 381 g/mol. The number of rotatable bonds is 4. The van der Waals surface area contributed by atoms with E-state index in [2.05, 4.69) is 10.6 Å². The van der Waals surface area contributed by atoms with Crippen molar-refractivity contribution in [1.29, 1.82) is 0 Å². The Balaban J connectivity index is 1.62. The van der Waals surface area contributed by atoms with E-state index in [1.807, 2.05) is 30.3 Å². The Kier molecular flexibility index (Phi) is 4.26. The second-order valence-electron chi connectivity index (χ2n) is 7.14. The number of piperazine rings is 1. The fourth-order valence-corrected chi connectivity index (χ4v) is 4.06. The van der Waals surface area contributed by atoms with Gasteiger partial charge in [-0.15, -0.1) is 0 Å². The number of methoxy groups -OCH3 is 1. The van der Waals surface area contributed by atoms with Crippen molar-refractivity contribution in [2.24, 2.45) is 0 Å². The molecule has 0 aromatic heterocycles. The molecule has 0 radical (unpaired) electrons. The standard InChI is InChI=1S/C20H19N3O5/c1-28-17-8-7-16(23(26)27)13-10-20(11-14(13)17)19(25)21-15(18(24)22-20)9-12-5-3-2-4-6-12/h2-8,15H,9-11H2,1H3,(H,21,25)(H,22,24)/t15-,20+/m0/s1. The lowest BCUT2D eigenvalue weighted by atomic mass is 9.89. The lowest BCUT2D eigenvalue weighted by molar-refractivity contribution is -0.385. The topological polar surface area (TPSA) is 111 Å². The van der Waals surface area contributed by atoms with E-state index < -0.39 is 16.5 Å². The molecule has 2 aromatic carbocycles. The first-order chi connectivity index (χ1) is 13.4. The van der Waals surface area contributed by atoms with Crippen LogP contribution in [0.25, 0.3) is 0 Å². The van der Waals surface area contributed by atoms with Crippen molar-refractivity contribution in [3.05, 3.63) is 69.3 Å². The smallest absolute Gasteiger partial charge is 0.273 e. The molecule has 2 aromatic rings. The minimum absolute atomic E-state index is 0.0610. The number of nitro benzene ring substituents is 1. The molecular formula is C20H19N3O5. The molecule has 1 heterocycles. The molecule has 8 heteroatoms. The predicted octanol–water partition coefficient (Wildman–Crippen LogP) is 1.30. The maximum Gasteiger partial charge on any atom is 0.273 e. The van der Waals surface area contributed by atoms with Crippen LogP contribution in [0.5, 0.6) is 5.75 Å². The fourth-order valence-electron chi connectivity index (χ4n) is 4.06. The Labute approximate surface area is 161 Å². The van der Waals surface area contributed by atoms with Gasteiger partial charge in [0.15, 0.2) is 0 Å². The van der Waals surface area contributed by atoms with Gasteiger partial charge in [0.05, 0.1) is 12.0 Å². The molecule has 2 aliphatic rings. The van der Waals surface area contributed by atoms with Crippen LogP contribution in [-0.2, 0) is 28.9 Å². The van der Waals surface area contributed by atoms with Gasteiger partial charge in [-0.2, -0.15) is 0 Å². The Morgan fingerprint density at radius 2 is 1.86 bits per heavy atom. The molecule has 4 rings (SSSR count). The van der Waals surface area contributed by atoms with Gasteiger partial charge in [0.1, 0.15) is 17.3 Å². The number of nitrogens with one attached hydrogen (secondary N) is 2. The number of ether oxygens (including phenoxy) is 1. The summed E-state index contributed by atoms with van der Waals surface area (Å²) in [6.45, 7) is 0. The number of nitrogens with zero attached hydrogens (tertiary/aromatic N) is 1. The monoisotopic (exact) mass is 381 g/mol. The first-order valence-electron chi connectivity index (χ1n) is 8.93. The van der Waals surface area contributed by atoms with Gasteiger partial charge in [-0.1, -0.05) is 30.3 Å². The van der Waals surface area contributed by atoms with Gasteiger partial charge in [-0.05, 0) is 11.6 Å². The Hall–Kier alpha value is -3.42. The highest BCUT2D eigenvalue weighted by molar-refractivity contribution is 6.01. The molecule has 1 aliphatic heterocycles. The number of hydrogen-bond donors (Lipinski definition) is 2. The van der Waals surface area contributed by atoms with Gasteiger partial charge >= 0.3 is 0 Å². The van der Waals surface area contributed by atoms with Crippen molar-refractivity contribution < 1.29 is 19.2 Å². The summed E-state index contributed by atoms with van der Waals surface area (Å²) < 4.78 is 5.32. The number of carbonyl (C=O) groups is 2. The van der Waals surface area contributed by atoms with Gasteiger partial charge in [0.2, 0.25) is 11.8 Å². The third kappa shape index (κ3) is 2.87. The largest absolute Gasteiger partial charge is 0.496 e. The van der Waals surface area contributed by atoms with Gasteiger partial charge < -0.3 is 15.4 Å². The summed E-state index contributed by atoms with van der Waals surface area (Å²) in [5.41, 5.74) is 0.661. The molecule has 28 heavy (non-hydrogen) atoms. The molecule has 2 N–H and O–H groups in total. The Morgan fingerprint density at radius 1 is 1.14 bits per heavy atom. The van der Waals surface area contributed by atoms with E-state index in [0.29, 0.717) is 23.3 Å². The van der Waals surface area contributed by atoms with Crippen molar-refractivity contribution in [2.45, 2.75) is 30.8 Å².